The van der Waals surface area contributed by atoms with Crippen molar-refractivity contribution in [3.05, 3.63) is 29.3 Å². The van der Waals surface area contributed by atoms with Crippen LogP contribution in [0.4, 0.5) is 5.69 Å². The van der Waals surface area contributed by atoms with Gasteiger partial charge in [0, 0.05) is 12.6 Å². The molecule has 1 aromatic rings. The highest BCUT2D eigenvalue weighted by Crippen LogP contribution is 2.20. The molecular weight excluding hydrogens is 286 g/mol. The second kappa shape index (κ2) is 8.37. The molecule has 5 heteroatoms. The van der Waals surface area contributed by atoms with Gasteiger partial charge in [0.25, 0.3) is 0 Å². The highest BCUT2D eigenvalue weighted by atomic mass is 35.5. The number of nitrogens with zero attached hydrogens (tertiary/aromatic N) is 1. The smallest absolute Gasteiger partial charge is 0.238 e. The van der Waals surface area contributed by atoms with Gasteiger partial charge in [0.2, 0.25) is 5.91 Å². The Morgan fingerprint density at radius 3 is 2.95 bits per heavy atom. The van der Waals surface area contributed by atoms with Crippen molar-refractivity contribution in [2.24, 2.45) is 0 Å². The highest BCUT2D eigenvalue weighted by molar-refractivity contribution is 6.33. The number of hydrogen-bond donors (Lipinski definition) is 2. The van der Waals surface area contributed by atoms with Gasteiger partial charge in [0.05, 0.1) is 17.3 Å². The molecule has 1 aliphatic rings. The number of carbonyl (C=O) groups is 1. The van der Waals surface area contributed by atoms with Gasteiger partial charge in [-0.25, -0.2) is 0 Å². The molecule has 0 bridgehead atoms. The molecule has 0 spiro atoms. The second-order valence-electron chi connectivity index (χ2n) is 5.56. The highest BCUT2D eigenvalue weighted by Gasteiger charge is 2.19. The van der Waals surface area contributed by atoms with Crippen LogP contribution in [-0.2, 0) is 4.79 Å². The summed E-state index contributed by atoms with van der Waals surface area (Å²) in [4.78, 5) is 14.4. The number of carbonyl (C=O) groups excluding carboxylic acids is 1. The molecule has 1 heterocycles. The number of rotatable bonds is 7. The maximum Gasteiger partial charge on any atom is 0.238 e. The molecule has 1 saturated heterocycles. The zero-order valence-electron chi connectivity index (χ0n) is 12.6. The number of halogens is 1. The molecule has 2 N–H and O–H groups in total. The minimum absolute atomic E-state index is 0.00505. The Balaban J connectivity index is 1.86. The summed E-state index contributed by atoms with van der Waals surface area (Å²) < 4.78 is 0. The molecule has 2 rings (SSSR count). The predicted molar refractivity (Wildman–Crippen MR) is 87.8 cm³/mol. The average Bonchev–Trinajstić information content (AvgIpc) is 2.94. The SMILES string of the molecule is CCCN(CC(=O)Nc1ccccc1Cl)CC1CCCN1. The quantitative estimate of drug-likeness (QED) is 0.814. The standard InChI is InChI=1S/C16H24ClN3O/c1-2-10-20(11-13-6-5-9-18-13)12-16(21)19-15-8-4-3-7-14(15)17/h3-4,7-8,13,18H,2,5-6,9-12H2,1H3,(H,19,21). The van der Waals surface area contributed by atoms with Gasteiger partial charge in [-0.3, -0.25) is 9.69 Å². The summed E-state index contributed by atoms with van der Waals surface area (Å²) in [6, 6.07) is 7.84. The number of anilines is 1. The van der Waals surface area contributed by atoms with Crippen LogP contribution in [0.3, 0.4) is 0 Å². The summed E-state index contributed by atoms with van der Waals surface area (Å²) in [6.45, 7) is 5.52. The fourth-order valence-electron chi connectivity index (χ4n) is 2.73. The van der Waals surface area contributed by atoms with Crippen LogP contribution in [0.25, 0.3) is 0 Å². The number of amides is 1. The number of para-hydroxylation sites is 1. The van der Waals surface area contributed by atoms with Gasteiger partial charge < -0.3 is 10.6 Å². The van der Waals surface area contributed by atoms with E-state index in [0.717, 1.165) is 26.1 Å². The minimum atomic E-state index is -0.00505. The van der Waals surface area contributed by atoms with Crippen LogP contribution in [0.15, 0.2) is 24.3 Å². The Labute approximate surface area is 131 Å². The third-order valence-electron chi connectivity index (χ3n) is 3.70. The molecule has 21 heavy (non-hydrogen) atoms. The number of nitrogens with one attached hydrogen (secondary N) is 2. The Bertz CT molecular complexity index is 461. The molecule has 1 unspecified atom stereocenters. The Hall–Kier alpha value is -1.10. The van der Waals surface area contributed by atoms with Gasteiger partial charge in [0.1, 0.15) is 0 Å². The van der Waals surface area contributed by atoms with Crippen molar-refractivity contribution in [3.8, 4) is 0 Å². The summed E-state index contributed by atoms with van der Waals surface area (Å²) in [5.74, 6) is -0.00505. The zero-order valence-corrected chi connectivity index (χ0v) is 13.3. The van der Waals surface area contributed by atoms with Crippen LogP contribution >= 0.6 is 11.6 Å². The summed E-state index contributed by atoms with van der Waals surface area (Å²) >= 11 is 6.07. The van der Waals surface area contributed by atoms with E-state index < -0.39 is 0 Å². The Kier molecular flexibility index (Phi) is 6.49. The Morgan fingerprint density at radius 1 is 1.48 bits per heavy atom. The fraction of sp³-hybridized carbons (Fsp3) is 0.562. The maximum atomic E-state index is 12.2. The molecule has 1 aliphatic heterocycles. The van der Waals surface area contributed by atoms with Crippen molar-refractivity contribution >= 4 is 23.2 Å². The summed E-state index contributed by atoms with van der Waals surface area (Å²) in [5.41, 5.74) is 0.680. The number of benzene rings is 1. The van der Waals surface area contributed by atoms with Crippen molar-refractivity contribution < 1.29 is 4.79 Å². The molecule has 1 fully saturated rings. The van der Waals surface area contributed by atoms with E-state index in [1.54, 1.807) is 6.07 Å². The van der Waals surface area contributed by atoms with Gasteiger partial charge in [-0.2, -0.15) is 0 Å². The van der Waals surface area contributed by atoms with Crippen molar-refractivity contribution in [3.63, 3.8) is 0 Å². The van der Waals surface area contributed by atoms with Crippen LogP contribution in [0.5, 0.6) is 0 Å². The van der Waals surface area contributed by atoms with E-state index in [0.29, 0.717) is 23.3 Å². The Morgan fingerprint density at radius 2 is 2.29 bits per heavy atom. The fourth-order valence-corrected chi connectivity index (χ4v) is 2.91. The number of hydrogen-bond acceptors (Lipinski definition) is 3. The molecule has 1 amide bonds. The first-order valence-electron chi connectivity index (χ1n) is 7.69. The predicted octanol–water partition coefficient (Wildman–Crippen LogP) is 2.74. The van der Waals surface area contributed by atoms with E-state index in [2.05, 4.69) is 22.5 Å². The van der Waals surface area contributed by atoms with Crippen molar-refractivity contribution in [1.29, 1.82) is 0 Å². The van der Waals surface area contributed by atoms with Crippen LogP contribution in [0.1, 0.15) is 26.2 Å². The monoisotopic (exact) mass is 309 g/mol. The summed E-state index contributed by atoms with van der Waals surface area (Å²) in [5, 5.41) is 6.95. The molecule has 0 radical (unpaired) electrons. The van der Waals surface area contributed by atoms with Crippen molar-refractivity contribution in [1.82, 2.24) is 10.2 Å². The van der Waals surface area contributed by atoms with E-state index in [-0.39, 0.29) is 5.91 Å². The largest absolute Gasteiger partial charge is 0.324 e. The molecule has 0 saturated carbocycles. The van der Waals surface area contributed by atoms with Crippen molar-refractivity contribution in [2.45, 2.75) is 32.2 Å². The summed E-state index contributed by atoms with van der Waals surface area (Å²) in [6.07, 6.45) is 3.48. The van der Waals surface area contributed by atoms with Crippen LogP contribution in [0, 0.1) is 0 Å². The molecule has 0 aromatic heterocycles. The van der Waals surface area contributed by atoms with Crippen LogP contribution < -0.4 is 10.6 Å². The van der Waals surface area contributed by atoms with Gasteiger partial charge in [-0.1, -0.05) is 30.7 Å². The van der Waals surface area contributed by atoms with Crippen LogP contribution in [-0.4, -0.2) is 43.0 Å². The molecule has 4 nitrogen and oxygen atoms in total. The van der Waals surface area contributed by atoms with E-state index in [9.17, 15) is 4.79 Å². The first-order chi connectivity index (χ1) is 10.2. The minimum Gasteiger partial charge on any atom is -0.324 e. The molecular formula is C16H24ClN3O. The van der Waals surface area contributed by atoms with Crippen molar-refractivity contribution in [2.75, 3.05) is 31.5 Å². The first kappa shape index (κ1) is 16.3. The van der Waals surface area contributed by atoms with Gasteiger partial charge >= 0.3 is 0 Å². The van der Waals surface area contributed by atoms with E-state index >= 15 is 0 Å². The molecule has 0 aliphatic carbocycles. The molecule has 1 atom stereocenters. The normalized spacial score (nSPS) is 18.1. The average molecular weight is 310 g/mol. The lowest BCUT2D eigenvalue weighted by Crippen LogP contribution is -2.41. The van der Waals surface area contributed by atoms with Crippen LogP contribution in [0.2, 0.25) is 5.02 Å². The van der Waals surface area contributed by atoms with E-state index in [1.165, 1.54) is 12.8 Å². The second-order valence-corrected chi connectivity index (χ2v) is 5.96. The third kappa shape index (κ3) is 5.30. The lowest BCUT2D eigenvalue weighted by Gasteiger charge is -2.24. The first-order valence-corrected chi connectivity index (χ1v) is 8.07. The van der Waals surface area contributed by atoms with Gasteiger partial charge in [-0.15, -0.1) is 0 Å². The van der Waals surface area contributed by atoms with E-state index in [4.69, 9.17) is 11.6 Å². The third-order valence-corrected chi connectivity index (χ3v) is 4.03. The van der Waals surface area contributed by atoms with Gasteiger partial charge in [-0.05, 0) is 44.5 Å². The van der Waals surface area contributed by atoms with E-state index in [1.807, 2.05) is 18.2 Å². The molecule has 1 aromatic carbocycles. The maximum absolute atomic E-state index is 12.2. The topological polar surface area (TPSA) is 44.4 Å². The van der Waals surface area contributed by atoms with Gasteiger partial charge in [0.15, 0.2) is 0 Å². The molecule has 116 valence electrons. The summed E-state index contributed by atoms with van der Waals surface area (Å²) in [7, 11) is 0. The zero-order chi connectivity index (χ0) is 15.1. The lowest BCUT2D eigenvalue weighted by molar-refractivity contribution is -0.117. The lowest BCUT2D eigenvalue weighted by atomic mass is 10.2.